The number of aryl methyl sites for hydroxylation is 1. The number of nitrogens with one attached hydrogen (secondary N) is 2. The van der Waals surface area contributed by atoms with E-state index >= 15 is 0 Å². The van der Waals surface area contributed by atoms with Crippen LogP contribution in [0.1, 0.15) is 54.0 Å². The molecular formula is C31H37N7O6. The van der Waals surface area contributed by atoms with Gasteiger partial charge >= 0.3 is 0 Å². The normalized spacial score (nSPS) is 16.8. The predicted octanol–water partition coefficient (Wildman–Crippen LogP) is 2.83. The number of hydrogen-bond donors (Lipinski definition) is 2. The molecule has 0 radical (unpaired) electrons. The standard InChI is InChI=1S/C31H37N7O6/c1-19(2)29-30-33-20(3)35-38(30)14-15-43-25-11-10-21(16-26(25)42-4)31(41)32-12-7-13-37(18-27(39)34-29)28(40)17-23-22-8-5-6-9-24(22)44-36-23/h5-6,8-11,16,19,29H,7,12-15,17-18H2,1-4H3,(H,32,41)(H,34,39)/t29-/m0/s1. The maximum Gasteiger partial charge on any atom is 0.251 e. The molecule has 0 saturated carbocycles. The lowest BCUT2D eigenvalue weighted by Crippen LogP contribution is -2.44. The van der Waals surface area contributed by atoms with Crippen molar-refractivity contribution < 1.29 is 28.4 Å². The zero-order valence-corrected chi connectivity index (χ0v) is 25.3. The van der Waals surface area contributed by atoms with Gasteiger partial charge in [-0.3, -0.25) is 14.4 Å². The topological polar surface area (TPSA) is 154 Å². The molecular weight excluding hydrogens is 566 g/mol. The molecule has 2 aliphatic rings. The molecule has 0 aliphatic carbocycles. The summed E-state index contributed by atoms with van der Waals surface area (Å²) < 4.78 is 18.6. The van der Waals surface area contributed by atoms with Crippen LogP contribution in [0.4, 0.5) is 0 Å². The number of para-hydroxylation sites is 1. The average Bonchev–Trinajstić information content (AvgIpc) is 3.59. The Hall–Kier alpha value is -4.94. The summed E-state index contributed by atoms with van der Waals surface area (Å²) >= 11 is 0. The molecule has 3 amide bonds. The van der Waals surface area contributed by atoms with Crippen molar-refractivity contribution in [1.29, 1.82) is 0 Å². The van der Waals surface area contributed by atoms with Crippen LogP contribution >= 0.6 is 0 Å². The van der Waals surface area contributed by atoms with E-state index in [9.17, 15) is 14.4 Å². The number of ether oxygens (including phenoxy) is 2. The summed E-state index contributed by atoms with van der Waals surface area (Å²) in [6.45, 7) is 6.71. The van der Waals surface area contributed by atoms with Gasteiger partial charge < -0.3 is 29.5 Å². The van der Waals surface area contributed by atoms with E-state index in [1.54, 1.807) is 35.9 Å². The van der Waals surface area contributed by atoms with Crippen LogP contribution in [-0.4, -0.2) is 75.9 Å². The minimum absolute atomic E-state index is 0.0233. The van der Waals surface area contributed by atoms with Crippen molar-refractivity contribution >= 4 is 28.7 Å². The molecule has 2 aromatic carbocycles. The fourth-order valence-electron chi connectivity index (χ4n) is 5.14. The van der Waals surface area contributed by atoms with E-state index in [1.807, 2.05) is 32.0 Å². The first-order chi connectivity index (χ1) is 21.2. The SMILES string of the molecule is COc1cc2ccc1OCCn1nc(C)nc1[C@H](C(C)C)NC(=O)CN(C(=O)Cc1noc3ccccc13)CCCNC2=O. The summed E-state index contributed by atoms with van der Waals surface area (Å²) in [6.07, 6.45) is 0.383. The van der Waals surface area contributed by atoms with Gasteiger partial charge in [-0.25, -0.2) is 9.67 Å². The number of hydrogen-bond acceptors (Lipinski definition) is 9. The van der Waals surface area contributed by atoms with Crippen LogP contribution in [0.5, 0.6) is 11.5 Å². The Kier molecular flexibility index (Phi) is 9.41. The van der Waals surface area contributed by atoms with Gasteiger partial charge in [-0.05, 0) is 49.6 Å². The predicted molar refractivity (Wildman–Crippen MR) is 160 cm³/mol. The third kappa shape index (κ3) is 6.99. The van der Waals surface area contributed by atoms with Gasteiger partial charge in [-0.2, -0.15) is 5.10 Å². The quantitative estimate of drug-likeness (QED) is 0.358. The summed E-state index contributed by atoms with van der Waals surface area (Å²) in [5.74, 6) is 1.13. The van der Waals surface area contributed by atoms with Gasteiger partial charge in [0.05, 0.1) is 32.7 Å². The minimum atomic E-state index is -0.463. The second-order valence-corrected chi connectivity index (χ2v) is 11.0. The van der Waals surface area contributed by atoms with Crippen molar-refractivity contribution in [2.45, 2.75) is 46.2 Å². The molecule has 2 bridgehead atoms. The molecule has 4 heterocycles. The molecule has 0 spiro atoms. The number of fused-ring (bicyclic) bond motifs is 14. The number of aromatic nitrogens is 4. The summed E-state index contributed by atoms with van der Waals surface area (Å²) in [7, 11) is 1.52. The van der Waals surface area contributed by atoms with Crippen LogP contribution in [0.2, 0.25) is 0 Å². The van der Waals surface area contributed by atoms with Crippen molar-refractivity contribution in [1.82, 2.24) is 35.5 Å². The molecule has 13 nitrogen and oxygen atoms in total. The van der Waals surface area contributed by atoms with Crippen molar-refractivity contribution in [2.75, 3.05) is 33.4 Å². The lowest BCUT2D eigenvalue weighted by atomic mass is 10.0. The highest BCUT2D eigenvalue weighted by atomic mass is 16.5. The van der Waals surface area contributed by atoms with Crippen LogP contribution in [0.15, 0.2) is 47.0 Å². The maximum absolute atomic E-state index is 13.6. The van der Waals surface area contributed by atoms with Crippen molar-refractivity contribution in [2.24, 2.45) is 5.92 Å². The summed E-state index contributed by atoms with van der Waals surface area (Å²) in [5, 5.41) is 15.3. The number of methoxy groups -OCH3 is 1. The molecule has 1 atom stereocenters. The van der Waals surface area contributed by atoms with Crippen LogP contribution in [0.3, 0.4) is 0 Å². The van der Waals surface area contributed by atoms with Crippen molar-refractivity contribution in [3.05, 3.63) is 65.4 Å². The Morgan fingerprint density at radius 2 is 1.98 bits per heavy atom. The van der Waals surface area contributed by atoms with Gasteiger partial charge in [0.1, 0.15) is 23.9 Å². The van der Waals surface area contributed by atoms with Crippen LogP contribution in [0, 0.1) is 12.8 Å². The smallest absolute Gasteiger partial charge is 0.251 e. The first-order valence-electron chi connectivity index (χ1n) is 14.6. The van der Waals surface area contributed by atoms with Crippen molar-refractivity contribution in [3.8, 4) is 11.5 Å². The Morgan fingerprint density at radius 3 is 2.77 bits per heavy atom. The van der Waals surface area contributed by atoms with E-state index in [1.165, 1.54) is 12.0 Å². The number of carbonyl (C=O) groups is 3. The third-order valence-electron chi connectivity index (χ3n) is 7.40. The van der Waals surface area contributed by atoms with E-state index in [-0.39, 0.29) is 56.3 Å². The number of amides is 3. The van der Waals surface area contributed by atoms with E-state index in [2.05, 4.69) is 25.9 Å². The zero-order chi connectivity index (χ0) is 31.2. The van der Waals surface area contributed by atoms with Gasteiger partial charge in [0.2, 0.25) is 11.8 Å². The second-order valence-electron chi connectivity index (χ2n) is 11.0. The fourth-order valence-corrected chi connectivity index (χ4v) is 5.14. The van der Waals surface area contributed by atoms with Crippen molar-refractivity contribution in [3.63, 3.8) is 0 Å². The Balaban J connectivity index is 1.42. The van der Waals surface area contributed by atoms with Gasteiger partial charge in [0.25, 0.3) is 5.91 Å². The molecule has 232 valence electrons. The molecule has 44 heavy (non-hydrogen) atoms. The number of rotatable bonds is 4. The van der Waals surface area contributed by atoms with Gasteiger partial charge in [0, 0.05) is 24.0 Å². The van der Waals surface area contributed by atoms with E-state index in [4.69, 9.17) is 14.0 Å². The summed E-state index contributed by atoms with van der Waals surface area (Å²) in [6, 6.07) is 11.8. The molecule has 0 fully saturated rings. The molecule has 13 heteroatoms. The van der Waals surface area contributed by atoms with Crippen LogP contribution < -0.4 is 20.1 Å². The molecule has 4 aromatic rings. The maximum atomic E-state index is 13.6. The molecule has 2 aliphatic heterocycles. The number of benzene rings is 2. The Labute approximate surface area is 254 Å². The molecule has 2 N–H and O–H groups in total. The van der Waals surface area contributed by atoms with E-state index in [0.717, 1.165) is 5.39 Å². The lowest BCUT2D eigenvalue weighted by Gasteiger charge is -2.26. The highest BCUT2D eigenvalue weighted by Gasteiger charge is 2.27. The lowest BCUT2D eigenvalue weighted by molar-refractivity contribution is -0.136. The largest absolute Gasteiger partial charge is 0.493 e. The number of nitrogens with zero attached hydrogens (tertiary/aromatic N) is 5. The van der Waals surface area contributed by atoms with E-state index in [0.29, 0.717) is 53.0 Å². The molecule has 0 unspecified atom stereocenters. The van der Waals surface area contributed by atoms with Gasteiger partial charge in [-0.15, -0.1) is 0 Å². The summed E-state index contributed by atoms with van der Waals surface area (Å²) in [4.78, 5) is 46.0. The monoisotopic (exact) mass is 603 g/mol. The molecule has 2 aromatic heterocycles. The van der Waals surface area contributed by atoms with E-state index < -0.39 is 6.04 Å². The second kappa shape index (κ2) is 13.6. The summed E-state index contributed by atoms with van der Waals surface area (Å²) in [5.41, 5.74) is 1.49. The first-order valence-corrected chi connectivity index (χ1v) is 14.6. The van der Waals surface area contributed by atoms with Gasteiger partial charge in [-0.1, -0.05) is 31.1 Å². The Bertz CT molecular complexity index is 1650. The number of carbonyl (C=O) groups excluding carboxylic acids is 3. The highest BCUT2D eigenvalue weighted by Crippen LogP contribution is 2.28. The minimum Gasteiger partial charge on any atom is -0.493 e. The van der Waals surface area contributed by atoms with Crippen LogP contribution in [-0.2, 0) is 22.6 Å². The average molecular weight is 604 g/mol. The molecule has 6 rings (SSSR count). The van der Waals surface area contributed by atoms with Crippen LogP contribution in [0.25, 0.3) is 11.0 Å². The third-order valence-corrected chi connectivity index (χ3v) is 7.40. The molecule has 0 saturated heterocycles. The Morgan fingerprint density at radius 1 is 1.16 bits per heavy atom. The van der Waals surface area contributed by atoms with Gasteiger partial charge in [0.15, 0.2) is 17.1 Å². The first kappa shape index (κ1) is 30.5. The zero-order valence-electron chi connectivity index (χ0n) is 25.3. The highest BCUT2D eigenvalue weighted by molar-refractivity contribution is 5.95. The fraction of sp³-hybridized carbons (Fsp3) is 0.419.